The molecule has 2 aliphatic rings. The maximum absolute atomic E-state index is 3.49. The summed E-state index contributed by atoms with van der Waals surface area (Å²) in [5.41, 5.74) is 3.77. The van der Waals surface area contributed by atoms with E-state index in [4.69, 9.17) is 0 Å². The molecule has 3 rings (SSSR count). The topological polar surface area (TPSA) is 12.0 Å². The normalized spacial score (nSPS) is 31.8. The van der Waals surface area contributed by atoms with Gasteiger partial charge in [0.2, 0.25) is 0 Å². The third-order valence-electron chi connectivity index (χ3n) is 6.01. The lowest BCUT2D eigenvalue weighted by Gasteiger charge is -2.38. The maximum Gasteiger partial charge on any atom is 0.00108 e. The van der Waals surface area contributed by atoms with E-state index in [2.05, 4.69) is 57.4 Å². The van der Waals surface area contributed by atoms with Gasteiger partial charge >= 0.3 is 0 Å². The minimum absolute atomic E-state index is 0.258. The van der Waals surface area contributed by atoms with Crippen molar-refractivity contribution >= 4 is 0 Å². The molecule has 2 aliphatic carbocycles. The Hall–Kier alpha value is -0.820. The first-order valence-corrected chi connectivity index (χ1v) is 8.67. The third-order valence-corrected chi connectivity index (χ3v) is 6.01. The minimum Gasteiger partial charge on any atom is -0.319 e. The van der Waals surface area contributed by atoms with Gasteiger partial charge in [-0.2, -0.15) is 0 Å². The summed E-state index contributed by atoms with van der Waals surface area (Å²) < 4.78 is 0. The van der Waals surface area contributed by atoms with Gasteiger partial charge in [0, 0.05) is 6.54 Å². The molecule has 3 unspecified atom stereocenters. The molecule has 2 bridgehead atoms. The molecule has 0 amide bonds. The van der Waals surface area contributed by atoms with Crippen LogP contribution < -0.4 is 5.32 Å². The molecule has 21 heavy (non-hydrogen) atoms. The molecule has 2 saturated carbocycles. The lowest BCUT2D eigenvalue weighted by Crippen LogP contribution is -2.39. The number of hydrogen-bond donors (Lipinski definition) is 1. The van der Waals surface area contributed by atoms with Crippen LogP contribution in [-0.2, 0) is 11.8 Å². The van der Waals surface area contributed by atoms with Crippen LogP contribution in [-0.4, -0.2) is 13.6 Å². The van der Waals surface area contributed by atoms with E-state index in [1.165, 1.54) is 49.8 Å². The first-order chi connectivity index (χ1) is 9.93. The highest BCUT2D eigenvalue weighted by atomic mass is 14.8. The van der Waals surface area contributed by atoms with Gasteiger partial charge in [-0.3, -0.25) is 0 Å². The van der Waals surface area contributed by atoms with Crippen LogP contribution in [0.2, 0.25) is 0 Å². The fourth-order valence-corrected chi connectivity index (χ4v) is 4.93. The van der Waals surface area contributed by atoms with E-state index in [0.29, 0.717) is 5.41 Å². The van der Waals surface area contributed by atoms with Gasteiger partial charge in [0.1, 0.15) is 0 Å². The maximum atomic E-state index is 3.49. The van der Waals surface area contributed by atoms with Crippen LogP contribution in [0.5, 0.6) is 0 Å². The summed E-state index contributed by atoms with van der Waals surface area (Å²) in [5.74, 6) is 1.97. The molecule has 3 atom stereocenters. The van der Waals surface area contributed by atoms with Crippen molar-refractivity contribution in [2.45, 2.75) is 58.3 Å². The number of benzene rings is 1. The predicted molar refractivity (Wildman–Crippen MR) is 90.7 cm³/mol. The van der Waals surface area contributed by atoms with Crippen molar-refractivity contribution in [2.24, 2.45) is 17.3 Å². The third kappa shape index (κ3) is 2.90. The van der Waals surface area contributed by atoms with Gasteiger partial charge in [-0.05, 0) is 66.5 Å². The summed E-state index contributed by atoms with van der Waals surface area (Å²) in [7, 11) is 2.12. The molecule has 1 N–H and O–H groups in total. The van der Waals surface area contributed by atoms with Gasteiger partial charge in [-0.25, -0.2) is 0 Å². The lowest BCUT2D eigenvalue weighted by molar-refractivity contribution is 0.160. The van der Waals surface area contributed by atoms with E-state index in [9.17, 15) is 0 Å². The number of hydrogen-bond acceptors (Lipinski definition) is 1. The first-order valence-electron chi connectivity index (χ1n) is 8.67. The Labute approximate surface area is 130 Å². The monoisotopic (exact) mass is 285 g/mol. The Morgan fingerprint density at radius 2 is 1.86 bits per heavy atom. The largest absolute Gasteiger partial charge is 0.319 e. The highest BCUT2D eigenvalue weighted by Gasteiger charge is 2.50. The molecule has 0 heterocycles. The van der Waals surface area contributed by atoms with Crippen LogP contribution in [0, 0.1) is 17.3 Å². The van der Waals surface area contributed by atoms with Gasteiger partial charge in [-0.1, -0.05) is 51.5 Å². The summed E-state index contributed by atoms with van der Waals surface area (Å²) in [6, 6.07) is 9.44. The van der Waals surface area contributed by atoms with Crippen molar-refractivity contribution < 1.29 is 0 Å². The Morgan fingerprint density at radius 1 is 1.14 bits per heavy atom. The van der Waals surface area contributed by atoms with Gasteiger partial charge < -0.3 is 5.32 Å². The van der Waals surface area contributed by atoms with Crippen LogP contribution in [0.15, 0.2) is 24.3 Å². The fourth-order valence-electron chi connectivity index (χ4n) is 4.93. The Balaban J connectivity index is 1.78. The van der Waals surface area contributed by atoms with Crippen molar-refractivity contribution in [3.8, 4) is 0 Å². The van der Waals surface area contributed by atoms with Crippen molar-refractivity contribution in [1.29, 1.82) is 0 Å². The Morgan fingerprint density at radius 3 is 2.33 bits per heavy atom. The van der Waals surface area contributed by atoms with E-state index >= 15 is 0 Å². The highest BCUT2D eigenvalue weighted by Crippen LogP contribution is 2.57. The molecule has 0 radical (unpaired) electrons. The zero-order valence-corrected chi connectivity index (χ0v) is 14.2. The molecule has 2 fully saturated rings. The fraction of sp³-hybridized carbons (Fsp3) is 0.700. The standard InChI is InChI=1S/C20H31N/c1-19(2,3)17-8-5-15(6-9-17)12-20(14-21-4)13-16-7-10-18(20)11-16/h5-6,8-9,16,18,21H,7,10-14H2,1-4H3. The smallest absolute Gasteiger partial charge is 0.00108 e. The summed E-state index contributed by atoms with van der Waals surface area (Å²) in [4.78, 5) is 0. The van der Waals surface area contributed by atoms with E-state index in [0.717, 1.165) is 11.8 Å². The van der Waals surface area contributed by atoms with E-state index in [-0.39, 0.29) is 5.41 Å². The highest BCUT2D eigenvalue weighted by molar-refractivity contribution is 5.28. The first kappa shape index (κ1) is 15.1. The molecule has 1 heteroatoms. The van der Waals surface area contributed by atoms with Crippen LogP contribution in [0.1, 0.15) is 57.6 Å². The average Bonchev–Trinajstić information content (AvgIpc) is 2.99. The SMILES string of the molecule is CNCC1(Cc2ccc(C(C)(C)C)cc2)CC2CCC1C2. The van der Waals surface area contributed by atoms with Crippen molar-refractivity contribution in [1.82, 2.24) is 5.32 Å². The second kappa shape index (κ2) is 5.43. The molecule has 1 aromatic rings. The van der Waals surface area contributed by atoms with Crippen molar-refractivity contribution in [3.05, 3.63) is 35.4 Å². The quantitative estimate of drug-likeness (QED) is 0.855. The van der Waals surface area contributed by atoms with Gasteiger partial charge in [-0.15, -0.1) is 0 Å². The molecule has 0 aromatic heterocycles. The van der Waals surface area contributed by atoms with Crippen molar-refractivity contribution in [2.75, 3.05) is 13.6 Å². The van der Waals surface area contributed by atoms with Gasteiger partial charge in [0.25, 0.3) is 0 Å². The Bertz CT molecular complexity index is 482. The minimum atomic E-state index is 0.258. The van der Waals surface area contributed by atoms with Crippen LogP contribution in [0.3, 0.4) is 0 Å². The number of nitrogens with one attached hydrogen (secondary N) is 1. The summed E-state index contributed by atoms with van der Waals surface area (Å²) >= 11 is 0. The average molecular weight is 285 g/mol. The second-order valence-electron chi connectivity index (χ2n) is 8.60. The molecule has 0 aliphatic heterocycles. The summed E-state index contributed by atoms with van der Waals surface area (Å²) in [5, 5.41) is 3.49. The van der Waals surface area contributed by atoms with Gasteiger partial charge in [0.05, 0.1) is 0 Å². The molecule has 116 valence electrons. The zero-order chi connectivity index (χ0) is 15.1. The van der Waals surface area contributed by atoms with Crippen molar-refractivity contribution in [3.63, 3.8) is 0 Å². The van der Waals surface area contributed by atoms with E-state index < -0.39 is 0 Å². The second-order valence-corrected chi connectivity index (χ2v) is 8.60. The molecular weight excluding hydrogens is 254 g/mol. The number of rotatable bonds is 4. The van der Waals surface area contributed by atoms with E-state index in [1.54, 1.807) is 0 Å². The van der Waals surface area contributed by atoms with E-state index in [1.807, 2.05) is 0 Å². The van der Waals surface area contributed by atoms with Gasteiger partial charge in [0.15, 0.2) is 0 Å². The zero-order valence-electron chi connectivity index (χ0n) is 14.2. The van der Waals surface area contributed by atoms with Crippen LogP contribution >= 0.6 is 0 Å². The molecule has 0 saturated heterocycles. The molecule has 1 aromatic carbocycles. The lowest BCUT2D eigenvalue weighted by atomic mass is 9.69. The summed E-state index contributed by atoms with van der Waals surface area (Å²) in [6.07, 6.45) is 7.15. The Kier molecular flexibility index (Phi) is 3.90. The predicted octanol–water partition coefficient (Wildman–Crippen LogP) is 4.55. The van der Waals surface area contributed by atoms with Crippen LogP contribution in [0.25, 0.3) is 0 Å². The molecule has 1 nitrogen and oxygen atoms in total. The molecule has 0 spiro atoms. The summed E-state index contributed by atoms with van der Waals surface area (Å²) in [6.45, 7) is 8.07. The number of fused-ring (bicyclic) bond motifs is 2. The molecular formula is C20H31N. The van der Waals surface area contributed by atoms with Crippen LogP contribution in [0.4, 0.5) is 0 Å².